The normalized spacial score (nSPS) is 17.3. The van der Waals surface area contributed by atoms with Gasteiger partial charge in [0.25, 0.3) is 5.69 Å². The zero-order valence-electron chi connectivity index (χ0n) is 15.2. The molecular weight excluding hydrogens is 338 g/mol. The molecule has 140 valence electrons. The van der Waals surface area contributed by atoms with Gasteiger partial charge in [-0.2, -0.15) is 5.26 Å². The molecule has 8 heteroatoms. The molecule has 0 saturated carbocycles. The van der Waals surface area contributed by atoms with Gasteiger partial charge in [-0.25, -0.2) is 4.79 Å². The maximum Gasteiger partial charge on any atom is 0.410 e. The molecule has 1 aromatic rings. The molecule has 1 atom stereocenters. The van der Waals surface area contributed by atoms with Gasteiger partial charge in [0.1, 0.15) is 17.4 Å². The highest BCUT2D eigenvalue weighted by atomic mass is 16.6. The second kappa shape index (κ2) is 8.04. The van der Waals surface area contributed by atoms with E-state index in [4.69, 9.17) is 9.47 Å². The summed E-state index contributed by atoms with van der Waals surface area (Å²) < 4.78 is 11.1. The van der Waals surface area contributed by atoms with E-state index >= 15 is 0 Å². The average molecular weight is 361 g/mol. The monoisotopic (exact) mass is 361 g/mol. The van der Waals surface area contributed by atoms with E-state index in [0.717, 1.165) is 12.8 Å². The summed E-state index contributed by atoms with van der Waals surface area (Å²) in [5.74, 6) is 0.262. The molecule has 2 rings (SSSR count). The maximum atomic E-state index is 12.2. The first-order valence-corrected chi connectivity index (χ1v) is 8.49. The number of nitro benzene ring substituents is 1. The third kappa shape index (κ3) is 5.09. The first kappa shape index (κ1) is 19.5. The molecule has 1 unspecified atom stereocenters. The third-order valence-corrected chi connectivity index (χ3v) is 3.96. The van der Waals surface area contributed by atoms with Crippen molar-refractivity contribution in [3.63, 3.8) is 0 Å². The quantitative estimate of drug-likeness (QED) is 0.600. The van der Waals surface area contributed by atoms with E-state index in [1.54, 1.807) is 11.0 Å². The smallest absolute Gasteiger partial charge is 0.410 e. The Morgan fingerprint density at radius 2 is 2.19 bits per heavy atom. The Hall–Kier alpha value is -2.82. The van der Waals surface area contributed by atoms with Crippen LogP contribution >= 0.6 is 0 Å². The molecule has 0 radical (unpaired) electrons. The van der Waals surface area contributed by atoms with Crippen LogP contribution in [0.25, 0.3) is 0 Å². The molecule has 0 N–H and O–H groups in total. The van der Waals surface area contributed by atoms with Crippen LogP contribution in [0.5, 0.6) is 5.75 Å². The number of carbonyl (C=O) groups excluding carboxylic acids is 1. The molecule has 1 aromatic carbocycles. The predicted molar refractivity (Wildman–Crippen MR) is 93.8 cm³/mol. The lowest BCUT2D eigenvalue weighted by Gasteiger charge is -2.34. The summed E-state index contributed by atoms with van der Waals surface area (Å²) in [4.78, 5) is 24.3. The molecule has 1 heterocycles. The topological polar surface area (TPSA) is 106 Å². The summed E-state index contributed by atoms with van der Waals surface area (Å²) >= 11 is 0. The first-order valence-electron chi connectivity index (χ1n) is 8.49. The van der Waals surface area contributed by atoms with Gasteiger partial charge in [0.15, 0.2) is 5.56 Å². The van der Waals surface area contributed by atoms with Crippen molar-refractivity contribution in [1.29, 1.82) is 5.26 Å². The van der Waals surface area contributed by atoms with Gasteiger partial charge < -0.3 is 14.4 Å². The molecule has 0 spiro atoms. The van der Waals surface area contributed by atoms with Crippen LogP contribution in [0.2, 0.25) is 0 Å². The molecule has 0 aliphatic carbocycles. The standard InChI is InChI=1S/C18H23N3O5/c1-18(2,3)26-17(22)20-9-5-6-13(11-20)12-25-16-8-4-7-15(21(23)24)14(16)10-19/h4,7-8,13H,5-6,9,11-12H2,1-3H3. The highest BCUT2D eigenvalue weighted by Gasteiger charge is 2.28. The van der Waals surface area contributed by atoms with Crippen molar-refractivity contribution in [3.8, 4) is 11.8 Å². The van der Waals surface area contributed by atoms with E-state index in [0.29, 0.717) is 13.1 Å². The molecule has 8 nitrogen and oxygen atoms in total. The first-order chi connectivity index (χ1) is 12.2. The molecule has 1 fully saturated rings. The number of amides is 1. The molecule has 26 heavy (non-hydrogen) atoms. The number of nitro groups is 1. The Morgan fingerprint density at radius 1 is 1.46 bits per heavy atom. The number of nitrogens with zero attached hydrogens (tertiary/aromatic N) is 3. The summed E-state index contributed by atoms with van der Waals surface area (Å²) in [6.07, 6.45) is 1.35. The van der Waals surface area contributed by atoms with Crippen molar-refractivity contribution in [2.45, 2.75) is 39.2 Å². The van der Waals surface area contributed by atoms with Crippen molar-refractivity contribution in [2.24, 2.45) is 5.92 Å². The van der Waals surface area contributed by atoms with E-state index in [2.05, 4.69) is 0 Å². The van der Waals surface area contributed by atoms with Crippen molar-refractivity contribution < 1.29 is 19.2 Å². The molecule has 1 amide bonds. The van der Waals surface area contributed by atoms with Gasteiger partial charge in [-0.15, -0.1) is 0 Å². The van der Waals surface area contributed by atoms with Crippen LogP contribution in [0.1, 0.15) is 39.2 Å². The third-order valence-electron chi connectivity index (χ3n) is 3.96. The number of carbonyl (C=O) groups is 1. The number of hydrogen-bond donors (Lipinski definition) is 0. The Kier molecular flexibility index (Phi) is 6.03. The summed E-state index contributed by atoms with van der Waals surface area (Å²) in [6, 6.07) is 6.14. The number of ether oxygens (including phenoxy) is 2. The minimum absolute atomic E-state index is 0.0714. The van der Waals surface area contributed by atoms with E-state index in [1.807, 2.05) is 26.8 Å². The van der Waals surface area contributed by atoms with E-state index in [-0.39, 0.29) is 35.6 Å². The zero-order chi connectivity index (χ0) is 19.3. The fourth-order valence-electron chi connectivity index (χ4n) is 2.81. The van der Waals surface area contributed by atoms with E-state index < -0.39 is 10.5 Å². The fourth-order valence-corrected chi connectivity index (χ4v) is 2.81. The zero-order valence-corrected chi connectivity index (χ0v) is 15.2. The van der Waals surface area contributed by atoms with Crippen LogP contribution < -0.4 is 4.74 Å². The Morgan fingerprint density at radius 3 is 2.81 bits per heavy atom. The second-order valence-electron chi connectivity index (χ2n) is 7.26. The van der Waals surface area contributed by atoms with Gasteiger partial charge in [-0.3, -0.25) is 10.1 Å². The summed E-state index contributed by atoms with van der Waals surface area (Å²) in [5.41, 5.74) is -0.910. The van der Waals surface area contributed by atoms with Gasteiger partial charge in [0.2, 0.25) is 0 Å². The van der Waals surface area contributed by atoms with Gasteiger partial charge in [0.05, 0.1) is 11.5 Å². The van der Waals surface area contributed by atoms with Crippen molar-refractivity contribution in [3.05, 3.63) is 33.9 Å². The molecule has 0 aromatic heterocycles. The Labute approximate surface area is 152 Å². The Bertz CT molecular complexity index is 721. The molecule has 0 bridgehead atoms. The minimum Gasteiger partial charge on any atom is -0.492 e. The summed E-state index contributed by atoms with van der Waals surface area (Å²) in [5, 5.41) is 20.2. The fraction of sp³-hybridized carbons (Fsp3) is 0.556. The molecule has 1 aliphatic heterocycles. The lowest BCUT2D eigenvalue weighted by molar-refractivity contribution is -0.385. The van der Waals surface area contributed by atoms with Gasteiger partial charge in [-0.05, 0) is 39.7 Å². The van der Waals surface area contributed by atoms with Crippen LogP contribution in [0.3, 0.4) is 0 Å². The largest absolute Gasteiger partial charge is 0.492 e. The highest BCUT2D eigenvalue weighted by Crippen LogP contribution is 2.28. The van der Waals surface area contributed by atoms with Crippen molar-refractivity contribution in [2.75, 3.05) is 19.7 Å². The van der Waals surface area contributed by atoms with Crippen molar-refractivity contribution >= 4 is 11.8 Å². The Balaban J connectivity index is 2.00. The van der Waals surface area contributed by atoms with Crippen LogP contribution in [0, 0.1) is 27.4 Å². The predicted octanol–water partition coefficient (Wildman–Crippen LogP) is 3.49. The highest BCUT2D eigenvalue weighted by molar-refractivity contribution is 5.68. The lowest BCUT2D eigenvalue weighted by atomic mass is 9.99. The maximum absolute atomic E-state index is 12.2. The number of likely N-dealkylation sites (tertiary alicyclic amines) is 1. The minimum atomic E-state index is -0.601. The van der Waals surface area contributed by atoms with Crippen LogP contribution in [0.4, 0.5) is 10.5 Å². The summed E-state index contributed by atoms with van der Waals surface area (Å²) in [7, 11) is 0. The number of piperidine rings is 1. The second-order valence-corrected chi connectivity index (χ2v) is 7.26. The number of rotatable bonds is 4. The van der Waals surface area contributed by atoms with E-state index in [9.17, 15) is 20.2 Å². The number of hydrogen-bond acceptors (Lipinski definition) is 6. The SMILES string of the molecule is CC(C)(C)OC(=O)N1CCCC(COc2cccc([N+](=O)[O-])c2C#N)C1. The lowest BCUT2D eigenvalue weighted by Crippen LogP contribution is -2.44. The van der Waals surface area contributed by atoms with Crippen LogP contribution in [-0.2, 0) is 4.74 Å². The molecular formula is C18H23N3O5. The van der Waals surface area contributed by atoms with Gasteiger partial charge >= 0.3 is 6.09 Å². The number of benzene rings is 1. The van der Waals surface area contributed by atoms with E-state index in [1.165, 1.54) is 12.1 Å². The van der Waals surface area contributed by atoms with Crippen LogP contribution in [0.15, 0.2) is 18.2 Å². The van der Waals surface area contributed by atoms with Gasteiger partial charge in [0, 0.05) is 25.1 Å². The average Bonchev–Trinajstić information content (AvgIpc) is 2.58. The van der Waals surface area contributed by atoms with Crippen LogP contribution in [-0.4, -0.2) is 41.2 Å². The van der Waals surface area contributed by atoms with Gasteiger partial charge in [-0.1, -0.05) is 6.07 Å². The molecule has 1 saturated heterocycles. The summed E-state index contributed by atoms with van der Waals surface area (Å²) in [6.45, 7) is 6.86. The number of nitriles is 1. The van der Waals surface area contributed by atoms with Crippen molar-refractivity contribution in [1.82, 2.24) is 4.90 Å². The molecule has 1 aliphatic rings.